The molecule has 4 aromatic rings. The Morgan fingerprint density at radius 2 is 1.67 bits per heavy atom. The van der Waals surface area contributed by atoms with E-state index in [9.17, 15) is 9.18 Å². The van der Waals surface area contributed by atoms with Gasteiger partial charge in [0.05, 0.1) is 16.9 Å². The first kappa shape index (κ1) is 19.5. The van der Waals surface area contributed by atoms with Crippen LogP contribution >= 0.6 is 11.6 Å². The Kier molecular flexibility index (Phi) is 5.68. The third-order valence-electron chi connectivity index (χ3n) is 4.47. The molecule has 0 saturated heterocycles. The van der Waals surface area contributed by atoms with Crippen LogP contribution in [0.4, 0.5) is 4.39 Å². The first-order valence-electron chi connectivity index (χ1n) is 9.10. The number of halogens is 2. The van der Waals surface area contributed by atoms with Crippen LogP contribution in [-0.2, 0) is 0 Å². The fraction of sp³-hybridized carbons (Fsp3) is 0. The van der Waals surface area contributed by atoms with Crippen molar-refractivity contribution < 1.29 is 9.18 Å². The Hall–Kier alpha value is -3.77. The summed E-state index contributed by atoms with van der Waals surface area (Å²) >= 11 is 5.92. The number of nitrogens with one attached hydrogen (secondary N) is 2. The standard InChI is InChI=1S/C23H16ClFN4O/c24-19-7-4-8-20(25)18(19)14-26-29-23(30)22-13-21(27-28-22)17-11-9-16(10-12-17)15-5-2-1-3-6-15/h1-14H,(H,27,28)(H,29,30)/b26-14+. The highest BCUT2D eigenvalue weighted by atomic mass is 35.5. The lowest BCUT2D eigenvalue weighted by atomic mass is 10.0. The van der Waals surface area contributed by atoms with E-state index < -0.39 is 11.7 Å². The summed E-state index contributed by atoms with van der Waals surface area (Å²) in [6.45, 7) is 0. The molecule has 4 rings (SSSR count). The van der Waals surface area contributed by atoms with Crippen molar-refractivity contribution in [2.45, 2.75) is 0 Å². The van der Waals surface area contributed by atoms with E-state index in [1.54, 1.807) is 6.07 Å². The summed E-state index contributed by atoms with van der Waals surface area (Å²) in [4.78, 5) is 12.3. The summed E-state index contributed by atoms with van der Waals surface area (Å²) in [7, 11) is 0. The predicted octanol–water partition coefficient (Wildman–Crippen LogP) is 5.30. The minimum atomic E-state index is -0.525. The van der Waals surface area contributed by atoms with Crippen LogP contribution in [0.3, 0.4) is 0 Å². The van der Waals surface area contributed by atoms with Gasteiger partial charge in [-0.25, -0.2) is 9.82 Å². The Balaban J connectivity index is 1.45. The molecule has 0 atom stereocenters. The molecule has 0 spiro atoms. The molecule has 5 nitrogen and oxygen atoms in total. The van der Waals surface area contributed by atoms with Gasteiger partial charge in [-0.15, -0.1) is 0 Å². The maximum atomic E-state index is 13.7. The van der Waals surface area contributed by atoms with Gasteiger partial charge in [-0.05, 0) is 29.3 Å². The highest BCUT2D eigenvalue weighted by Gasteiger charge is 2.11. The van der Waals surface area contributed by atoms with Crippen molar-refractivity contribution >= 4 is 23.7 Å². The normalized spacial score (nSPS) is 11.0. The molecule has 1 amide bonds. The second-order valence-corrected chi connectivity index (χ2v) is 6.85. The summed E-state index contributed by atoms with van der Waals surface area (Å²) in [6, 6.07) is 23.8. The summed E-state index contributed by atoms with van der Waals surface area (Å²) < 4.78 is 13.7. The number of hydrogen-bond donors (Lipinski definition) is 2. The van der Waals surface area contributed by atoms with E-state index in [0.29, 0.717) is 5.69 Å². The van der Waals surface area contributed by atoms with Crippen LogP contribution in [0.25, 0.3) is 22.4 Å². The van der Waals surface area contributed by atoms with Gasteiger partial charge in [0.1, 0.15) is 11.5 Å². The lowest BCUT2D eigenvalue weighted by Crippen LogP contribution is -2.18. The van der Waals surface area contributed by atoms with Gasteiger partial charge in [-0.2, -0.15) is 10.2 Å². The van der Waals surface area contributed by atoms with Gasteiger partial charge < -0.3 is 0 Å². The van der Waals surface area contributed by atoms with Crippen molar-refractivity contribution in [2.24, 2.45) is 5.10 Å². The third kappa shape index (κ3) is 4.29. The highest BCUT2D eigenvalue weighted by molar-refractivity contribution is 6.33. The van der Waals surface area contributed by atoms with E-state index in [1.807, 2.05) is 54.6 Å². The van der Waals surface area contributed by atoms with Crippen LogP contribution in [0.1, 0.15) is 16.1 Å². The first-order valence-corrected chi connectivity index (χ1v) is 9.48. The SMILES string of the molecule is O=C(N/N=C/c1c(F)cccc1Cl)c1cc(-c2ccc(-c3ccccc3)cc2)n[nH]1. The van der Waals surface area contributed by atoms with Gasteiger partial charge in [-0.3, -0.25) is 9.89 Å². The van der Waals surface area contributed by atoms with E-state index in [0.717, 1.165) is 22.9 Å². The number of hydrogen-bond acceptors (Lipinski definition) is 3. The molecule has 0 bridgehead atoms. The monoisotopic (exact) mass is 418 g/mol. The number of H-pyrrole nitrogens is 1. The average molecular weight is 419 g/mol. The maximum Gasteiger partial charge on any atom is 0.289 e. The van der Waals surface area contributed by atoms with E-state index in [4.69, 9.17) is 11.6 Å². The lowest BCUT2D eigenvalue weighted by molar-refractivity contribution is 0.0950. The van der Waals surface area contributed by atoms with Crippen molar-refractivity contribution in [1.82, 2.24) is 15.6 Å². The number of rotatable bonds is 5. The molecule has 3 aromatic carbocycles. The van der Waals surface area contributed by atoms with E-state index in [-0.39, 0.29) is 16.3 Å². The Labute approximate surface area is 177 Å². The summed E-state index contributed by atoms with van der Waals surface area (Å²) in [5, 5.41) is 10.8. The van der Waals surface area contributed by atoms with Gasteiger partial charge in [0.15, 0.2) is 0 Å². The number of aromatic nitrogens is 2. The zero-order valence-electron chi connectivity index (χ0n) is 15.6. The van der Waals surface area contributed by atoms with E-state index >= 15 is 0 Å². The molecular weight excluding hydrogens is 403 g/mol. The van der Waals surface area contributed by atoms with Crippen molar-refractivity contribution in [1.29, 1.82) is 0 Å². The lowest BCUT2D eigenvalue weighted by Gasteiger charge is -2.02. The summed E-state index contributed by atoms with van der Waals surface area (Å²) in [6.07, 6.45) is 1.16. The minimum absolute atomic E-state index is 0.100. The van der Waals surface area contributed by atoms with Crippen LogP contribution in [0.5, 0.6) is 0 Å². The zero-order valence-corrected chi connectivity index (χ0v) is 16.4. The summed E-state index contributed by atoms with van der Waals surface area (Å²) in [5.41, 5.74) is 6.37. The molecule has 2 N–H and O–H groups in total. The molecule has 7 heteroatoms. The fourth-order valence-electron chi connectivity index (χ4n) is 2.90. The third-order valence-corrected chi connectivity index (χ3v) is 4.80. The number of amides is 1. The van der Waals surface area contributed by atoms with Gasteiger partial charge >= 0.3 is 0 Å². The number of carbonyl (C=O) groups is 1. The van der Waals surface area contributed by atoms with Crippen LogP contribution < -0.4 is 5.43 Å². The fourth-order valence-corrected chi connectivity index (χ4v) is 3.11. The zero-order chi connectivity index (χ0) is 20.9. The minimum Gasteiger partial charge on any atom is -0.272 e. The average Bonchev–Trinajstić information content (AvgIpc) is 3.27. The van der Waals surface area contributed by atoms with Gasteiger partial charge in [0.25, 0.3) is 5.91 Å². The molecule has 0 aliphatic rings. The molecule has 0 fully saturated rings. The van der Waals surface area contributed by atoms with Crippen molar-refractivity contribution in [3.05, 3.63) is 101 Å². The molecule has 1 heterocycles. The second-order valence-electron chi connectivity index (χ2n) is 6.44. The largest absolute Gasteiger partial charge is 0.289 e. The van der Waals surface area contributed by atoms with Crippen LogP contribution in [0.15, 0.2) is 84.0 Å². The van der Waals surface area contributed by atoms with Gasteiger partial charge in [-0.1, -0.05) is 72.3 Å². The molecule has 0 aliphatic carbocycles. The number of nitrogens with zero attached hydrogens (tertiary/aromatic N) is 2. The number of benzene rings is 3. The topological polar surface area (TPSA) is 70.1 Å². The van der Waals surface area contributed by atoms with Gasteiger partial charge in [0.2, 0.25) is 0 Å². The number of carbonyl (C=O) groups excluding carboxylic acids is 1. The Bertz CT molecular complexity index is 1180. The predicted molar refractivity (Wildman–Crippen MR) is 116 cm³/mol. The van der Waals surface area contributed by atoms with Crippen molar-refractivity contribution in [3.8, 4) is 22.4 Å². The van der Waals surface area contributed by atoms with E-state index in [1.165, 1.54) is 18.2 Å². The molecule has 0 aliphatic heterocycles. The van der Waals surface area contributed by atoms with Crippen LogP contribution in [0, 0.1) is 5.82 Å². The molecule has 148 valence electrons. The summed E-state index contributed by atoms with van der Waals surface area (Å²) in [5.74, 6) is -1.03. The molecular formula is C23H16ClFN4O. The number of aromatic amines is 1. The van der Waals surface area contributed by atoms with E-state index in [2.05, 4.69) is 20.7 Å². The molecule has 0 saturated carbocycles. The smallest absolute Gasteiger partial charge is 0.272 e. The van der Waals surface area contributed by atoms with Crippen LogP contribution in [0.2, 0.25) is 5.02 Å². The number of hydrazone groups is 1. The molecule has 30 heavy (non-hydrogen) atoms. The highest BCUT2D eigenvalue weighted by Crippen LogP contribution is 2.24. The first-order chi connectivity index (χ1) is 14.6. The van der Waals surface area contributed by atoms with Crippen molar-refractivity contribution in [3.63, 3.8) is 0 Å². The molecule has 0 unspecified atom stereocenters. The van der Waals surface area contributed by atoms with Crippen molar-refractivity contribution in [2.75, 3.05) is 0 Å². The Morgan fingerprint density at radius 3 is 2.40 bits per heavy atom. The molecule has 0 radical (unpaired) electrons. The second kappa shape index (κ2) is 8.71. The van der Waals surface area contributed by atoms with Crippen LogP contribution in [-0.4, -0.2) is 22.3 Å². The maximum absolute atomic E-state index is 13.7. The van der Waals surface area contributed by atoms with Gasteiger partial charge in [0, 0.05) is 11.1 Å². The quantitative estimate of drug-likeness (QED) is 0.341. The Morgan fingerprint density at radius 1 is 0.967 bits per heavy atom. The molecule has 1 aromatic heterocycles.